The Labute approximate surface area is 243 Å². The summed E-state index contributed by atoms with van der Waals surface area (Å²) in [5, 5.41) is 4.01. The standard InChI is InChI=1S/C28H34Cl2N6O4/c1-7-22(37)34-14-16(2)35(17(3)15-34)9-8-10-36-26-18(13-32-28(31-4)33-26)11-19(27(36)38)23-24(29)20(39-5)12-21(40-6)25(23)30/h7,11-13,16-17H,1,8-10,14-15H2,2-6H3,(H,31,32,33). The first-order valence-corrected chi connectivity index (χ1v) is 13.8. The average molecular weight is 590 g/mol. The zero-order valence-corrected chi connectivity index (χ0v) is 24.8. The van der Waals surface area contributed by atoms with E-state index in [2.05, 4.69) is 40.6 Å². The Morgan fingerprint density at radius 3 is 2.30 bits per heavy atom. The van der Waals surface area contributed by atoms with Gasteiger partial charge in [0.25, 0.3) is 5.56 Å². The zero-order chi connectivity index (χ0) is 29.1. The molecule has 214 valence electrons. The van der Waals surface area contributed by atoms with Crippen LogP contribution in [0.4, 0.5) is 5.95 Å². The summed E-state index contributed by atoms with van der Waals surface area (Å²) in [6.45, 7) is 10.2. The smallest absolute Gasteiger partial charge is 0.260 e. The molecule has 1 amide bonds. The lowest BCUT2D eigenvalue weighted by molar-refractivity contribution is -0.130. The number of ether oxygens (including phenoxy) is 2. The third kappa shape index (κ3) is 5.61. The molecule has 1 aliphatic heterocycles. The number of anilines is 1. The number of carbonyl (C=O) groups is 1. The molecule has 1 saturated heterocycles. The summed E-state index contributed by atoms with van der Waals surface area (Å²) in [4.78, 5) is 39.3. The van der Waals surface area contributed by atoms with Crippen LogP contribution in [0.3, 0.4) is 0 Å². The fourth-order valence-electron chi connectivity index (χ4n) is 5.31. The number of carbonyl (C=O) groups excluding carboxylic acids is 1. The van der Waals surface area contributed by atoms with Crippen LogP contribution in [0.25, 0.3) is 22.2 Å². The number of rotatable bonds is 9. The molecule has 3 heterocycles. The molecule has 1 N–H and O–H groups in total. The Kier molecular flexibility index (Phi) is 9.22. The van der Waals surface area contributed by atoms with Crippen LogP contribution in [0.5, 0.6) is 11.5 Å². The van der Waals surface area contributed by atoms with E-state index < -0.39 is 0 Å². The SMILES string of the molecule is C=CC(=O)N1CC(C)N(CCCn2c(=O)c(-c3c(Cl)c(OC)cc(OC)c3Cl)cc3cnc(NC)nc32)C(C)C1. The zero-order valence-electron chi connectivity index (χ0n) is 23.3. The Morgan fingerprint density at radius 1 is 1.12 bits per heavy atom. The van der Waals surface area contributed by atoms with Crippen LogP contribution in [0, 0.1) is 0 Å². The largest absolute Gasteiger partial charge is 0.495 e. The number of nitrogens with zero attached hydrogens (tertiary/aromatic N) is 5. The molecule has 0 aliphatic carbocycles. The highest BCUT2D eigenvalue weighted by Crippen LogP contribution is 2.45. The molecule has 2 unspecified atom stereocenters. The summed E-state index contributed by atoms with van der Waals surface area (Å²) < 4.78 is 12.5. The van der Waals surface area contributed by atoms with Crippen molar-refractivity contribution in [2.45, 2.75) is 38.9 Å². The van der Waals surface area contributed by atoms with Crippen molar-refractivity contribution in [3.05, 3.63) is 51.4 Å². The molecule has 1 fully saturated rings. The van der Waals surface area contributed by atoms with E-state index in [0.29, 0.717) is 65.7 Å². The van der Waals surface area contributed by atoms with Crippen LogP contribution in [-0.2, 0) is 11.3 Å². The Bertz CT molecular complexity index is 1450. The molecular formula is C28H34Cl2N6O4. The number of nitrogens with one attached hydrogen (secondary N) is 1. The fraction of sp³-hybridized carbons (Fsp3) is 0.429. The quantitative estimate of drug-likeness (QED) is 0.369. The second-order valence-electron chi connectivity index (χ2n) is 9.76. The van der Waals surface area contributed by atoms with Crippen LogP contribution < -0.4 is 20.3 Å². The fourth-order valence-corrected chi connectivity index (χ4v) is 6.01. The highest BCUT2D eigenvalue weighted by atomic mass is 35.5. The normalized spacial score (nSPS) is 17.6. The monoisotopic (exact) mass is 588 g/mol. The van der Waals surface area contributed by atoms with Gasteiger partial charge in [-0.1, -0.05) is 29.8 Å². The number of pyridine rings is 1. The van der Waals surface area contributed by atoms with Gasteiger partial charge >= 0.3 is 0 Å². The second kappa shape index (κ2) is 12.4. The van der Waals surface area contributed by atoms with Gasteiger partial charge in [0.05, 0.1) is 29.8 Å². The van der Waals surface area contributed by atoms with Crippen molar-refractivity contribution in [1.29, 1.82) is 0 Å². The van der Waals surface area contributed by atoms with Gasteiger partial charge in [-0.05, 0) is 32.4 Å². The Hall–Kier alpha value is -3.34. The summed E-state index contributed by atoms with van der Waals surface area (Å²) in [5.41, 5.74) is 0.814. The van der Waals surface area contributed by atoms with Crippen LogP contribution in [-0.4, -0.2) is 83.2 Å². The van der Waals surface area contributed by atoms with Crippen molar-refractivity contribution in [3.8, 4) is 22.6 Å². The van der Waals surface area contributed by atoms with Crippen molar-refractivity contribution in [3.63, 3.8) is 0 Å². The minimum Gasteiger partial charge on any atom is -0.495 e. The number of piperazine rings is 1. The second-order valence-corrected chi connectivity index (χ2v) is 10.5. The molecule has 0 bridgehead atoms. The van der Waals surface area contributed by atoms with E-state index in [1.165, 1.54) is 20.3 Å². The summed E-state index contributed by atoms with van der Waals surface area (Å²) in [6, 6.07) is 3.60. The van der Waals surface area contributed by atoms with Gasteiger partial charge in [-0.3, -0.25) is 19.1 Å². The van der Waals surface area contributed by atoms with E-state index >= 15 is 0 Å². The number of hydrogen-bond acceptors (Lipinski definition) is 8. The first-order valence-electron chi connectivity index (χ1n) is 13.0. The van der Waals surface area contributed by atoms with Crippen molar-refractivity contribution in [2.24, 2.45) is 0 Å². The lowest BCUT2D eigenvalue weighted by Gasteiger charge is -2.44. The van der Waals surface area contributed by atoms with E-state index in [4.69, 9.17) is 32.7 Å². The summed E-state index contributed by atoms with van der Waals surface area (Å²) in [6.07, 6.45) is 3.69. The van der Waals surface area contributed by atoms with Gasteiger partial charge in [-0.2, -0.15) is 4.98 Å². The molecule has 1 aromatic carbocycles. The molecule has 2 atom stereocenters. The molecule has 0 radical (unpaired) electrons. The van der Waals surface area contributed by atoms with Gasteiger partial charge in [-0.25, -0.2) is 4.98 Å². The van der Waals surface area contributed by atoms with E-state index in [1.807, 2.05) is 4.90 Å². The molecule has 40 heavy (non-hydrogen) atoms. The molecule has 4 rings (SSSR count). The number of aromatic nitrogens is 3. The highest BCUT2D eigenvalue weighted by Gasteiger charge is 2.30. The topological polar surface area (TPSA) is 102 Å². The van der Waals surface area contributed by atoms with Crippen LogP contribution in [0.1, 0.15) is 20.3 Å². The van der Waals surface area contributed by atoms with Crippen LogP contribution in [0.15, 0.2) is 35.8 Å². The molecule has 3 aromatic rings. The van der Waals surface area contributed by atoms with Gasteiger partial charge < -0.3 is 19.7 Å². The number of methoxy groups -OCH3 is 2. The maximum absolute atomic E-state index is 14.1. The number of benzene rings is 1. The van der Waals surface area contributed by atoms with Gasteiger partial charge in [0, 0.05) is 68.5 Å². The number of halogens is 2. The predicted molar refractivity (Wildman–Crippen MR) is 159 cm³/mol. The predicted octanol–water partition coefficient (Wildman–Crippen LogP) is 4.32. The van der Waals surface area contributed by atoms with Crippen LogP contribution in [0.2, 0.25) is 10.0 Å². The number of fused-ring (bicyclic) bond motifs is 1. The first-order chi connectivity index (χ1) is 19.1. The van der Waals surface area contributed by atoms with Gasteiger partial charge in [0.15, 0.2) is 0 Å². The third-order valence-electron chi connectivity index (χ3n) is 7.28. The molecule has 0 spiro atoms. The van der Waals surface area contributed by atoms with E-state index in [9.17, 15) is 9.59 Å². The van der Waals surface area contributed by atoms with Gasteiger partial charge in [0.1, 0.15) is 17.1 Å². The molecule has 12 heteroatoms. The molecule has 1 aliphatic rings. The van der Waals surface area contributed by atoms with Crippen molar-refractivity contribution in [1.82, 2.24) is 24.3 Å². The first kappa shape index (κ1) is 29.6. The average Bonchev–Trinajstić information content (AvgIpc) is 2.95. The maximum atomic E-state index is 14.1. The summed E-state index contributed by atoms with van der Waals surface area (Å²) in [5.74, 6) is 1.02. The number of amides is 1. The molecule has 2 aromatic heterocycles. The van der Waals surface area contributed by atoms with E-state index in [-0.39, 0.29) is 33.6 Å². The number of aryl methyl sites for hydroxylation is 1. The Morgan fingerprint density at radius 2 is 1.75 bits per heavy atom. The third-order valence-corrected chi connectivity index (χ3v) is 8.03. The summed E-state index contributed by atoms with van der Waals surface area (Å²) >= 11 is 13.4. The van der Waals surface area contributed by atoms with Gasteiger partial charge in [0.2, 0.25) is 11.9 Å². The molecule has 0 saturated carbocycles. The van der Waals surface area contributed by atoms with Crippen LogP contribution >= 0.6 is 23.2 Å². The number of hydrogen-bond donors (Lipinski definition) is 1. The minimum atomic E-state index is -0.296. The maximum Gasteiger partial charge on any atom is 0.260 e. The van der Waals surface area contributed by atoms with E-state index in [1.54, 1.807) is 29.9 Å². The van der Waals surface area contributed by atoms with Gasteiger partial charge in [-0.15, -0.1) is 0 Å². The minimum absolute atomic E-state index is 0.0558. The van der Waals surface area contributed by atoms with E-state index in [0.717, 1.165) is 6.54 Å². The van der Waals surface area contributed by atoms with Crippen molar-refractivity contribution < 1.29 is 14.3 Å². The Balaban J connectivity index is 1.73. The summed E-state index contributed by atoms with van der Waals surface area (Å²) in [7, 11) is 4.69. The molecule has 10 nitrogen and oxygen atoms in total. The molecular weight excluding hydrogens is 555 g/mol. The van der Waals surface area contributed by atoms with Crippen molar-refractivity contribution in [2.75, 3.05) is 46.2 Å². The lowest BCUT2D eigenvalue weighted by Crippen LogP contribution is -2.58. The highest BCUT2D eigenvalue weighted by molar-refractivity contribution is 6.41. The van der Waals surface area contributed by atoms with Crippen molar-refractivity contribution >= 4 is 46.1 Å². The lowest BCUT2D eigenvalue weighted by atomic mass is 10.0.